The molecule has 2 heterocycles. The number of urea groups is 1. The number of furan rings is 1. The summed E-state index contributed by atoms with van der Waals surface area (Å²) >= 11 is 1.07. The number of nitrogens with zero attached hydrogens (tertiary/aromatic N) is 2. The van der Waals surface area contributed by atoms with E-state index in [1.165, 1.54) is 13.3 Å². The molecule has 0 aliphatic heterocycles. The smallest absolute Gasteiger partial charge is 0.321 e. The van der Waals surface area contributed by atoms with Crippen LogP contribution in [0.4, 0.5) is 4.79 Å². The minimum atomic E-state index is -0.562. The Labute approximate surface area is 124 Å². The molecule has 2 rings (SSSR count). The van der Waals surface area contributed by atoms with Gasteiger partial charge in [0.2, 0.25) is 5.91 Å². The number of thioether (sulfide) groups is 1. The minimum absolute atomic E-state index is 0.241. The van der Waals surface area contributed by atoms with E-state index in [1.54, 1.807) is 19.9 Å². The summed E-state index contributed by atoms with van der Waals surface area (Å²) in [5, 5.41) is 11.9. The fraction of sp³-hybridized carbons (Fsp3) is 0.333. The van der Waals surface area contributed by atoms with Crippen LogP contribution in [0.5, 0.6) is 0 Å². The summed E-state index contributed by atoms with van der Waals surface area (Å²) in [7, 11) is 1.43. The van der Waals surface area contributed by atoms with Gasteiger partial charge in [0.15, 0.2) is 0 Å². The minimum Gasteiger partial charge on any atom is -0.469 e. The first-order valence-corrected chi connectivity index (χ1v) is 6.96. The van der Waals surface area contributed by atoms with Crippen LogP contribution in [0.1, 0.15) is 12.7 Å². The first kappa shape index (κ1) is 15.1. The molecule has 2 aromatic heterocycles. The van der Waals surface area contributed by atoms with Gasteiger partial charge in [-0.25, -0.2) is 4.79 Å². The molecular formula is C12H14N4O4S. The Morgan fingerprint density at radius 1 is 1.38 bits per heavy atom. The van der Waals surface area contributed by atoms with Crippen molar-refractivity contribution in [3.63, 3.8) is 0 Å². The molecule has 3 amide bonds. The Morgan fingerprint density at radius 3 is 2.76 bits per heavy atom. The quantitative estimate of drug-likeness (QED) is 0.825. The number of hydrogen-bond donors (Lipinski definition) is 2. The summed E-state index contributed by atoms with van der Waals surface area (Å²) in [6.45, 7) is 3.42. The number of aryl methyl sites for hydroxylation is 1. The van der Waals surface area contributed by atoms with Gasteiger partial charge in [0, 0.05) is 7.05 Å². The molecule has 0 radical (unpaired) electrons. The summed E-state index contributed by atoms with van der Waals surface area (Å²) in [5.41, 5.74) is 0.705. The van der Waals surface area contributed by atoms with Crippen molar-refractivity contribution in [2.24, 2.45) is 0 Å². The molecular weight excluding hydrogens is 296 g/mol. The van der Waals surface area contributed by atoms with Gasteiger partial charge in [-0.15, -0.1) is 10.2 Å². The second kappa shape index (κ2) is 6.44. The number of carbonyl (C=O) groups excluding carboxylic acids is 2. The molecule has 8 nitrogen and oxygen atoms in total. The Morgan fingerprint density at radius 2 is 2.14 bits per heavy atom. The topological polar surface area (TPSA) is 110 Å². The molecule has 1 unspecified atom stereocenters. The Hall–Kier alpha value is -2.29. The molecule has 2 aromatic rings. The van der Waals surface area contributed by atoms with Gasteiger partial charge in [-0.2, -0.15) is 0 Å². The highest BCUT2D eigenvalue weighted by molar-refractivity contribution is 8.00. The van der Waals surface area contributed by atoms with Crippen LogP contribution >= 0.6 is 11.8 Å². The second-order valence-electron chi connectivity index (χ2n) is 4.09. The third kappa shape index (κ3) is 3.63. The molecule has 21 heavy (non-hydrogen) atoms. The first-order valence-electron chi connectivity index (χ1n) is 6.08. The van der Waals surface area contributed by atoms with Gasteiger partial charge in [-0.1, -0.05) is 11.8 Å². The van der Waals surface area contributed by atoms with Crippen LogP contribution in [-0.2, 0) is 4.79 Å². The maximum atomic E-state index is 11.7. The SMILES string of the molecule is CNC(=O)NC(=O)C(C)Sc1nnc(-c2ccoc2C)o1. The average Bonchev–Trinajstić information content (AvgIpc) is 3.07. The van der Waals surface area contributed by atoms with Crippen molar-refractivity contribution in [2.75, 3.05) is 7.05 Å². The van der Waals surface area contributed by atoms with Gasteiger partial charge in [0.1, 0.15) is 5.76 Å². The lowest BCUT2D eigenvalue weighted by molar-refractivity contribution is -0.119. The summed E-state index contributed by atoms with van der Waals surface area (Å²) in [4.78, 5) is 22.8. The van der Waals surface area contributed by atoms with Crippen molar-refractivity contribution >= 4 is 23.7 Å². The van der Waals surface area contributed by atoms with Crippen LogP contribution in [-0.4, -0.2) is 34.4 Å². The van der Waals surface area contributed by atoms with Crippen molar-refractivity contribution < 1.29 is 18.4 Å². The molecule has 0 fully saturated rings. The van der Waals surface area contributed by atoms with Gasteiger partial charge in [0.25, 0.3) is 11.1 Å². The van der Waals surface area contributed by atoms with E-state index in [4.69, 9.17) is 8.83 Å². The number of amides is 3. The van der Waals surface area contributed by atoms with E-state index in [-0.39, 0.29) is 5.22 Å². The molecule has 1 atom stereocenters. The van der Waals surface area contributed by atoms with Crippen molar-refractivity contribution in [2.45, 2.75) is 24.3 Å². The Balaban J connectivity index is 2.01. The van der Waals surface area contributed by atoms with Crippen LogP contribution < -0.4 is 10.6 Å². The molecule has 0 aromatic carbocycles. The fourth-order valence-corrected chi connectivity index (χ4v) is 2.14. The number of aromatic nitrogens is 2. The molecule has 0 bridgehead atoms. The van der Waals surface area contributed by atoms with Crippen molar-refractivity contribution in [3.8, 4) is 11.5 Å². The van der Waals surface area contributed by atoms with Gasteiger partial charge in [0.05, 0.1) is 17.1 Å². The number of rotatable bonds is 4. The monoisotopic (exact) mass is 310 g/mol. The van der Waals surface area contributed by atoms with E-state index in [0.717, 1.165) is 11.8 Å². The Kier molecular flexibility index (Phi) is 4.63. The zero-order valence-electron chi connectivity index (χ0n) is 11.7. The van der Waals surface area contributed by atoms with Crippen LogP contribution in [0.15, 0.2) is 26.4 Å². The van der Waals surface area contributed by atoms with E-state index in [2.05, 4.69) is 20.8 Å². The summed E-state index contributed by atoms with van der Waals surface area (Å²) < 4.78 is 10.6. The molecule has 9 heteroatoms. The maximum absolute atomic E-state index is 11.7. The highest BCUT2D eigenvalue weighted by Crippen LogP contribution is 2.28. The summed E-state index contributed by atoms with van der Waals surface area (Å²) in [6.07, 6.45) is 1.53. The van der Waals surface area contributed by atoms with Gasteiger partial charge in [-0.05, 0) is 19.9 Å². The maximum Gasteiger partial charge on any atom is 0.321 e. The first-order chi connectivity index (χ1) is 10.0. The van der Waals surface area contributed by atoms with E-state index >= 15 is 0 Å². The van der Waals surface area contributed by atoms with Gasteiger partial charge in [-0.3, -0.25) is 10.1 Å². The van der Waals surface area contributed by atoms with Crippen LogP contribution in [0.3, 0.4) is 0 Å². The normalized spacial score (nSPS) is 12.0. The van der Waals surface area contributed by atoms with Gasteiger partial charge < -0.3 is 14.2 Å². The molecule has 2 N–H and O–H groups in total. The number of carbonyl (C=O) groups is 2. The lowest BCUT2D eigenvalue weighted by atomic mass is 10.3. The van der Waals surface area contributed by atoms with Crippen LogP contribution in [0.25, 0.3) is 11.5 Å². The standard InChI is InChI=1S/C12H14N4O4S/c1-6-8(4-5-19-6)10-15-16-12(20-10)21-7(2)9(17)14-11(18)13-3/h4-5,7H,1-3H3,(H2,13,14,17,18). The number of nitrogens with one attached hydrogen (secondary N) is 2. The molecule has 112 valence electrons. The molecule has 0 aliphatic rings. The third-order valence-electron chi connectivity index (χ3n) is 2.61. The van der Waals surface area contributed by atoms with Crippen molar-refractivity contribution in [1.29, 1.82) is 0 Å². The predicted molar refractivity (Wildman–Crippen MR) is 74.7 cm³/mol. The van der Waals surface area contributed by atoms with Crippen LogP contribution in [0.2, 0.25) is 0 Å². The highest BCUT2D eigenvalue weighted by Gasteiger charge is 2.20. The highest BCUT2D eigenvalue weighted by atomic mass is 32.2. The molecule has 0 spiro atoms. The zero-order chi connectivity index (χ0) is 15.4. The molecule has 0 aliphatic carbocycles. The third-order valence-corrected chi connectivity index (χ3v) is 3.54. The van der Waals surface area contributed by atoms with Crippen LogP contribution in [0, 0.1) is 6.92 Å². The van der Waals surface area contributed by atoms with Gasteiger partial charge >= 0.3 is 6.03 Å². The average molecular weight is 310 g/mol. The largest absolute Gasteiger partial charge is 0.469 e. The Bertz CT molecular complexity index is 651. The lowest BCUT2D eigenvalue weighted by Crippen LogP contribution is -2.41. The van der Waals surface area contributed by atoms with Crippen molar-refractivity contribution in [1.82, 2.24) is 20.8 Å². The summed E-state index contributed by atoms with van der Waals surface area (Å²) in [6, 6.07) is 1.16. The molecule has 0 saturated carbocycles. The molecule has 0 saturated heterocycles. The fourth-order valence-electron chi connectivity index (χ4n) is 1.45. The second-order valence-corrected chi connectivity index (χ2v) is 5.38. The van der Waals surface area contributed by atoms with E-state index in [9.17, 15) is 9.59 Å². The van der Waals surface area contributed by atoms with E-state index < -0.39 is 17.2 Å². The summed E-state index contributed by atoms with van der Waals surface area (Å²) in [5.74, 6) is 0.543. The predicted octanol–water partition coefficient (Wildman–Crippen LogP) is 1.57. The number of hydrogen-bond acceptors (Lipinski definition) is 7. The van der Waals surface area contributed by atoms with E-state index in [0.29, 0.717) is 17.2 Å². The van der Waals surface area contributed by atoms with E-state index in [1.807, 2.05) is 0 Å². The zero-order valence-corrected chi connectivity index (χ0v) is 12.5. The number of imide groups is 1. The lowest BCUT2D eigenvalue weighted by Gasteiger charge is -2.07. The van der Waals surface area contributed by atoms with Crippen molar-refractivity contribution in [3.05, 3.63) is 18.1 Å².